The quantitative estimate of drug-likeness (QED) is 0.0150. The highest BCUT2D eigenvalue weighted by atomic mass is 19.1. The Morgan fingerprint density at radius 2 is 1.36 bits per heavy atom. The first-order valence-corrected chi connectivity index (χ1v) is 31.2. The molecule has 30 heteroatoms. The highest BCUT2D eigenvalue weighted by molar-refractivity contribution is 6.13. The molecule has 5 heterocycles. The SMILES string of the molecule is CC[C@@]1(O)C(=O)OCc2c1cc1n(c2=O)Cc2c-1nc1cc(F)c(C)c3c1c2[C@@H](NC(=O)CNC(=O)[C@H](Cc1ccccc1)NC(=O)CNC(=O)CNC(=O)[C@H](CC(=O)OC(C)(C)C)NC(=O)CCOCCOCCOCCOCCNC(=O)CCN1C(=O)C=CC1=O)CC3. The van der Waals surface area contributed by atoms with Crippen LogP contribution in [-0.2, 0) is 113 Å². The molecule has 0 spiro atoms. The molecule has 2 aromatic carbocycles. The molecule has 0 fully saturated rings. The molecule has 0 saturated heterocycles. The van der Waals surface area contributed by atoms with Crippen molar-refractivity contribution < 1.29 is 90.7 Å². The van der Waals surface area contributed by atoms with Crippen LogP contribution in [0.4, 0.5) is 4.39 Å². The van der Waals surface area contributed by atoms with Crippen molar-refractivity contribution in [1.82, 2.24) is 51.7 Å². The molecular weight excluding hydrogens is 1240 g/mol. The van der Waals surface area contributed by atoms with Gasteiger partial charge in [-0.3, -0.25) is 57.6 Å². The second kappa shape index (κ2) is 32.7. The second-order valence-electron chi connectivity index (χ2n) is 23.9. The molecule has 9 amide bonds. The van der Waals surface area contributed by atoms with E-state index < -0.39 is 126 Å². The molecule has 29 nitrogen and oxygen atoms in total. The van der Waals surface area contributed by atoms with Crippen molar-refractivity contribution in [3.63, 3.8) is 0 Å². The van der Waals surface area contributed by atoms with Gasteiger partial charge < -0.3 is 75.3 Å². The normalized spacial score (nSPS) is 16.6. The lowest BCUT2D eigenvalue weighted by atomic mass is 9.81. The average Bonchev–Trinajstić information content (AvgIpc) is 1.48. The number of carbonyl (C=O) groups excluding carboxylic acids is 11. The highest BCUT2D eigenvalue weighted by Crippen LogP contribution is 2.46. The van der Waals surface area contributed by atoms with Gasteiger partial charge in [-0.2, -0.15) is 0 Å². The van der Waals surface area contributed by atoms with Crippen molar-refractivity contribution in [1.29, 1.82) is 0 Å². The molecule has 95 heavy (non-hydrogen) atoms. The van der Waals surface area contributed by atoms with Crippen LogP contribution in [0.25, 0.3) is 22.3 Å². The first kappa shape index (κ1) is 71.5. The fraction of sp³-hybridized carbons (Fsp3) is 0.492. The number of cyclic esters (lactones) is 1. The molecule has 4 aliphatic rings. The summed E-state index contributed by atoms with van der Waals surface area (Å²) < 4.78 is 49.4. The molecule has 4 aromatic rings. The summed E-state index contributed by atoms with van der Waals surface area (Å²) in [5, 5.41) is 30.1. The van der Waals surface area contributed by atoms with Crippen molar-refractivity contribution in [2.75, 3.05) is 85.6 Å². The van der Waals surface area contributed by atoms with Crippen molar-refractivity contribution in [2.24, 2.45) is 0 Å². The van der Waals surface area contributed by atoms with E-state index in [1.54, 1.807) is 71.0 Å². The van der Waals surface area contributed by atoms with E-state index in [9.17, 15) is 62.6 Å². The largest absolute Gasteiger partial charge is 0.460 e. The number of imide groups is 1. The van der Waals surface area contributed by atoms with Gasteiger partial charge in [-0.15, -0.1) is 0 Å². The van der Waals surface area contributed by atoms with Gasteiger partial charge in [-0.05, 0) is 75.3 Å². The second-order valence-corrected chi connectivity index (χ2v) is 23.9. The molecule has 0 saturated carbocycles. The molecule has 3 aliphatic heterocycles. The Bertz CT molecular complexity index is 3690. The Labute approximate surface area is 545 Å². The lowest BCUT2D eigenvalue weighted by Gasteiger charge is -2.31. The van der Waals surface area contributed by atoms with E-state index in [4.69, 9.17) is 33.4 Å². The van der Waals surface area contributed by atoms with Crippen LogP contribution in [-0.4, -0.2) is 188 Å². The number of ether oxygens (including phenoxy) is 6. The Morgan fingerprint density at radius 1 is 0.737 bits per heavy atom. The topological polar surface area (TPSA) is 386 Å². The smallest absolute Gasteiger partial charge is 0.343 e. The maximum atomic E-state index is 15.5. The third kappa shape index (κ3) is 18.7. The predicted octanol–water partition coefficient (Wildman–Crippen LogP) is -0.189. The summed E-state index contributed by atoms with van der Waals surface area (Å²) in [6, 6.07) is 8.04. The number of hydrogen-bond donors (Lipinski definition) is 8. The zero-order chi connectivity index (χ0) is 68.6. The molecular formula is C65H79FN10O19. The minimum Gasteiger partial charge on any atom is -0.460 e. The van der Waals surface area contributed by atoms with Gasteiger partial charge in [-0.1, -0.05) is 37.3 Å². The predicted molar refractivity (Wildman–Crippen MR) is 333 cm³/mol. The number of aromatic nitrogens is 2. The zero-order valence-corrected chi connectivity index (χ0v) is 53.5. The number of benzene rings is 2. The van der Waals surface area contributed by atoms with Gasteiger partial charge >= 0.3 is 11.9 Å². The van der Waals surface area contributed by atoms with Gasteiger partial charge in [0.1, 0.15) is 30.1 Å². The Balaban J connectivity index is 0.769. The van der Waals surface area contributed by atoms with Crippen LogP contribution in [0.5, 0.6) is 0 Å². The minimum absolute atomic E-state index is 0.00394. The Hall–Kier alpha value is -9.36. The fourth-order valence-electron chi connectivity index (χ4n) is 11.2. The van der Waals surface area contributed by atoms with Crippen molar-refractivity contribution in [3.05, 3.63) is 110 Å². The number of pyridine rings is 2. The number of rotatable bonds is 34. The van der Waals surface area contributed by atoms with Gasteiger partial charge in [-0.25, -0.2) is 14.2 Å². The van der Waals surface area contributed by atoms with Crippen LogP contribution >= 0.6 is 0 Å². The molecule has 0 bridgehead atoms. The van der Waals surface area contributed by atoms with Gasteiger partial charge in [0.15, 0.2) is 5.60 Å². The third-order valence-corrected chi connectivity index (χ3v) is 16.0. The maximum Gasteiger partial charge on any atom is 0.343 e. The first-order chi connectivity index (χ1) is 45.3. The lowest BCUT2D eigenvalue weighted by molar-refractivity contribution is -0.172. The fourth-order valence-corrected chi connectivity index (χ4v) is 11.2. The van der Waals surface area contributed by atoms with Gasteiger partial charge in [0.05, 0.1) is 114 Å². The number of aliphatic hydroxyl groups is 1. The number of aryl methyl sites for hydroxylation is 1. The summed E-state index contributed by atoms with van der Waals surface area (Å²) in [4.78, 5) is 162. The number of carbonyl (C=O) groups is 11. The van der Waals surface area contributed by atoms with Crippen LogP contribution in [0.2, 0.25) is 0 Å². The van der Waals surface area contributed by atoms with Crippen LogP contribution in [0.3, 0.4) is 0 Å². The van der Waals surface area contributed by atoms with E-state index in [1.807, 2.05) is 0 Å². The van der Waals surface area contributed by atoms with Crippen LogP contribution in [0.1, 0.15) is 105 Å². The molecule has 0 radical (unpaired) electrons. The Kier molecular flexibility index (Phi) is 24.6. The molecule has 510 valence electrons. The standard InChI is InChI=1S/C65H79FN10O19/c1-6-65(89)42-29-48-59-40(35-76(48)62(87)41(42)36-94-63(65)88)58-44(13-12-39-37(2)43(66)30-45(74-59)57(39)58)71-53(81)34-70-60(85)46(28-38-10-8-7-9-11-38)73-52(80)33-68-51(79)32-69-61(86)47(31-56(84)95-64(3,4)5)72-50(78)17-20-90-22-24-92-26-27-93-25-23-91-21-18-67-49(77)16-19-75-54(82)14-15-55(75)83/h7-11,14-15,29-30,44,46-47,89H,6,12-13,16-28,31-36H2,1-5H3,(H,67,77)(H,68,79)(H,69,86)(H,70,85)(H,71,81)(H,72,78)(H,73,80)/t44-,46-,47-,65-/m0/s1. The minimum atomic E-state index is -2.09. The number of fused-ring (bicyclic) bond motifs is 5. The highest BCUT2D eigenvalue weighted by Gasteiger charge is 2.46. The maximum absolute atomic E-state index is 15.5. The molecule has 2 aromatic heterocycles. The lowest BCUT2D eigenvalue weighted by Crippen LogP contribution is -2.53. The van der Waals surface area contributed by atoms with Crippen molar-refractivity contribution in [3.8, 4) is 11.4 Å². The number of hydrogen-bond acceptors (Lipinski definition) is 20. The van der Waals surface area contributed by atoms with Crippen LogP contribution in [0, 0.1) is 12.7 Å². The third-order valence-electron chi connectivity index (χ3n) is 16.0. The van der Waals surface area contributed by atoms with Gasteiger partial charge in [0.2, 0.25) is 41.4 Å². The van der Waals surface area contributed by atoms with Gasteiger partial charge in [0.25, 0.3) is 17.4 Å². The molecule has 0 unspecified atom stereocenters. The Morgan fingerprint density at radius 3 is 2.02 bits per heavy atom. The van der Waals surface area contributed by atoms with E-state index in [2.05, 4.69) is 37.2 Å². The number of nitrogens with zero attached hydrogens (tertiary/aromatic N) is 3. The van der Waals surface area contributed by atoms with Crippen LogP contribution in [0.15, 0.2) is 59.4 Å². The van der Waals surface area contributed by atoms with Crippen molar-refractivity contribution in [2.45, 2.75) is 122 Å². The molecule has 8 N–H and O–H groups in total. The number of halogens is 1. The van der Waals surface area contributed by atoms with E-state index in [1.165, 1.54) is 10.6 Å². The molecule has 8 rings (SSSR count). The average molecular weight is 1320 g/mol. The van der Waals surface area contributed by atoms with E-state index in [0.717, 1.165) is 17.1 Å². The van der Waals surface area contributed by atoms with E-state index >= 15 is 4.39 Å². The monoisotopic (exact) mass is 1320 g/mol. The summed E-state index contributed by atoms with van der Waals surface area (Å²) in [7, 11) is 0. The number of amides is 9. The number of esters is 2. The first-order valence-electron chi connectivity index (χ1n) is 31.2. The zero-order valence-electron chi connectivity index (χ0n) is 53.5. The van der Waals surface area contributed by atoms with E-state index in [-0.39, 0.29) is 127 Å². The van der Waals surface area contributed by atoms with Gasteiger partial charge in [0, 0.05) is 67.1 Å². The summed E-state index contributed by atoms with van der Waals surface area (Å²) >= 11 is 0. The molecule has 1 aliphatic carbocycles. The number of nitrogens with one attached hydrogen (secondary N) is 7. The summed E-state index contributed by atoms with van der Waals surface area (Å²) in [5.41, 5.74) is 0.457. The van der Waals surface area contributed by atoms with E-state index in [0.29, 0.717) is 57.4 Å². The summed E-state index contributed by atoms with van der Waals surface area (Å²) in [6.45, 7) is 7.50. The molecule has 4 atom stereocenters. The summed E-state index contributed by atoms with van der Waals surface area (Å²) in [6.07, 6.45) is 2.01. The summed E-state index contributed by atoms with van der Waals surface area (Å²) in [5.74, 6) is -8.04. The van der Waals surface area contributed by atoms with Crippen LogP contribution < -0.4 is 42.8 Å². The van der Waals surface area contributed by atoms with Crippen molar-refractivity contribution >= 4 is 76.0 Å².